The highest BCUT2D eigenvalue weighted by atomic mass is 35.5. The minimum absolute atomic E-state index is 0.124. The molecule has 6 nitrogen and oxygen atoms in total. The van der Waals surface area contributed by atoms with Gasteiger partial charge in [-0.2, -0.15) is 0 Å². The zero-order valence-electron chi connectivity index (χ0n) is 24.8. The molecule has 8 heteroatoms. The standard InChI is InChI=1S/C36H32ClN3O3S/c1-4-39(5-2)35(42)32-23(3)38-36-40(33(32)26-16-18-28(37)19-17-26)34(41)31(44-36)21-24-10-8-14-29(20-24)43-22-27-13-9-12-25-11-6-7-15-30(25)27/h6-21,33H,4-5,22H2,1-3H3/b31-21+/t33-/m0/s1. The highest BCUT2D eigenvalue weighted by molar-refractivity contribution is 7.07. The molecule has 2 heterocycles. The Hall–Kier alpha value is -4.46. The molecule has 1 amide bonds. The van der Waals surface area contributed by atoms with Crippen molar-refractivity contribution in [1.29, 1.82) is 0 Å². The van der Waals surface area contributed by atoms with Crippen molar-refractivity contribution in [3.63, 3.8) is 0 Å². The van der Waals surface area contributed by atoms with Crippen LogP contribution < -0.4 is 19.6 Å². The number of amides is 1. The number of aromatic nitrogens is 1. The van der Waals surface area contributed by atoms with Gasteiger partial charge >= 0.3 is 0 Å². The van der Waals surface area contributed by atoms with Gasteiger partial charge in [0.15, 0.2) is 4.80 Å². The molecule has 0 saturated carbocycles. The minimum atomic E-state index is -0.617. The van der Waals surface area contributed by atoms with E-state index in [1.807, 2.05) is 81.4 Å². The number of carbonyl (C=O) groups excluding carboxylic acids is 1. The van der Waals surface area contributed by atoms with Crippen molar-refractivity contribution in [1.82, 2.24) is 9.47 Å². The van der Waals surface area contributed by atoms with E-state index >= 15 is 0 Å². The lowest BCUT2D eigenvalue weighted by Crippen LogP contribution is -2.43. The van der Waals surface area contributed by atoms with Crippen molar-refractivity contribution in [2.24, 2.45) is 4.99 Å². The molecule has 1 aliphatic rings. The van der Waals surface area contributed by atoms with Crippen LogP contribution in [0.25, 0.3) is 16.8 Å². The van der Waals surface area contributed by atoms with Crippen molar-refractivity contribution in [2.45, 2.75) is 33.4 Å². The molecule has 1 aromatic heterocycles. The summed E-state index contributed by atoms with van der Waals surface area (Å²) < 4.78 is 8.36. The normalized spacial score (nSPS) is 14.8. The number of allylic oxidation sites excluding steroid dienone is 1. The fraction of sp³-hybridized carbons (Fsp3) is 0.194. The Bertz CT molecular complexity index is 2070. The van der Waals surface area contributed by atoms with Gasteiger partial charge in [-0.25, -0.2) is 4.99 Å². The number of hydrogen-bond acceptors (Lipinski definition) is 5. The van der Waals surface area contributed by atoms with E-state index in [1.165, 1.54) is 16.7 Å². The number of halogens is 1. The van der Waals surface area contributed by atoms with E-state index < -0.39 is 6.04 Å². The van der Waals surface area contributed by atoms with Gasteiger partial charge in [0.1, 0.15) is 12.4 Å². The second-order valence-electron chi connectivity index (χ2n) is 10.6. The smallest absolute Gasteiger partial charge is 0.271 e. The summed E-state index contributed by atoms with van der Waals surface area (Å²) in [6.45, 7) is 7.28. The first-order chi connectivity index (χ1) is 21.4. The second kappa shape index (κ2) is 12.6. The third-order valence-corrected chi connectivity index (χ3v) is 9.15. The van der Waals surface area contributed by atoms with Crippen LogP contribution in [0.1, 0.15) is 43.5 Å². The van der Waals surface area contributed by atoms with Crippen LogP contribution >= 0.6 is 22.9 Å². The van der Waals surface area contributed by atoms with Crippen LogP contribution in [0.4, 0.5) is 0 Å². The van der Waals surface area contributed by atoms with E-state index in [0.717, 1.165) is 22.1 Å². The molecule has 0 saturated heterocycles. The molecule has 0 spiro atoms. The Morgan fingerprint density at radius 3 is 2.50 bits per heavy atom. The molecule has 222 valence electrons. The van der Waals surface area contributed by atoms with Crippen LogP contribution in [0, 0.1) is 0 Å². The zero-order chi connectivity index (χ0) is 30.8. The highest BCUT2D eigenvalue weighted by Gasteiger charge is 2.34. The molecule has 0 fully saturated rings. The van der Waals surface area contributed by atoms with Crippen LogP contribution in [0.5, 0.6) is 5.75 Å². The number of ether oxygens (including phenoxy) is 1. The number of hydrogen-bond donors (Lipinski definition) is 0. The third-order valence-electron chi connectivity index (χ3n) is 7.92. The SMILES string of the molecule is CCN(CC)C(=O)C1=C(C)N=c2s/c(=C/c3cccc(OCc4cccc5ccccc45)c3)c(=O)n2[C@H]1c1ccc(Cl)cc1. The van der Waals surface area contributed by atoms with Gasteiger partial charge in [0.05, 0.1) is 21.8 Å². The van der Waals surface area contributed by atoms with E-state index in [9.17, 15) is 9.59 Å². The van der Waals surface area contributed by atoms with E-state index in [4.69, 9.17) is 21.3 Å². The van der Waals surface area contributed by atoms with Gasteiger partial charge in [0, 0.05) is 18.1 Å². The highest BCUT2D eigenvalue weighted by Crippen LogP contribution is 2.32. The number of rotatable bonds is 8. The fourth-order valence-electron chi connectivity index (χ4n) is 5.66. The predicted octanol–water partition coefficient (Wildman–Crippen LogP) is 6.49. The second-order valence-corrected chi connectivity index (χ2v) is 12.1. The fourth-order valence-corrected chi connectivity index (χ4v) is 6.83. The Kier molecular flexibility index (Phi) is 8.51. The molecule has 0 unspecified atom stereocenters. The van der Waals surface area contributed by atoms with Gasteiger partial charge in [-0.15, -0.1) is 0 Å². The monoisotopic (exact) mass is 621 g/mol. The van der Waals surface area contributed by atoms with Crippen molar-refractivity contribution in [3.8, 4) is 5.75 Å². The number of likely N-dealkylation sites (N-methyl/N-ethyl adjacent to an activating group) is 1. The zero-order valence-corrected chi connectivity index (χ0v) is 26.4. The first kappa shape index (κ1) is 29.6. The first-order valence-corrected chi connectivity index (χ1v) is 15.8. The van der Waals surface area contributed by atoms with Crippen molar-refractivity contribution >= 4 is 45.7 Å². The van der Waals surface area contributed by atoms with Crippen LogP contribution in [-0.2, 0) is 11.4 Å². The average Bonchev–Trinajstić information content (AvgIpc) is 3.34. The Balaban J connectivity index is 1.37. The molecule has 1 atom stereocenters. The summed E-state index contributed by atoms with van der Waals surface area (Å²) in [5, 5.41) is 2.92. The molecule has 0 bridgehead atoms. The Labute approximate surface area is 264 Å². The number of nitrogens with zero attached hydrogens (tertiary/aromatic N) is 3. The van der Waals surface area contributed by atoms with Crippen LogP contribution in [-0.4, -0.2) is 28.5 Å². The summed E-state index contributed by atoms with van der Waals surface area (Å²) in [6.07, 6.45) is 1.86. The predicted molar refractivity (Wildman–Crippen MR) is 178 cm³/mol. The van der Waals surface area contributed by atoms with Crippen molar-refractivity contribution < 1.29 is 9.53 Å². The van der Waals surface area contributed by atoms with Gasteiger partial charge in [-0.05, 0) is 78.6 Å². The molecular formula is C36H32ClN3O3S. The number of thiazole rings is 1. The molecule has 6 rings (SSSR count). The summed E-state index contributed by atoms with van der Waals surface area (Å²) in [5.41, 5.74) is 3.65. The topological polar surface area (TPSA) is 63.9 Å². The Morgan fingerprint density at radius 1 is 1.00 bits per heavy atom. The summed E-state index contributed by atoms with van der Waals surface area (Å²) in [5.74, 6) is 0.586. The molecule has 0 radical (unpaired) electrons. The molecule has 0 N–H and O–H groups in total. The molecule has 4 aromatic carbocycles. The maximum absolute atomic E-state index is 14.0. The minimum Gasteiger partial charge on any atom is -0.489 e. The third kappa shape index (κ3) is 5.73. The van der Waals surface area contributed by atoms with Gasteiger partial charge < -0.3 is 9.64 Å². The average molecular weight is 622 g/mol. The quantitative estimate of drug-likeness (QED) is 0.199. The lowest BCUT2D eigenvalue weighted by molar-refractivity contribution is -0.127. The van der Waals surface area contributed by atoms with E-state index in [1.54, 1.807) is 21.6 Å². The lowest BCUT2D eigenvalue weighted by Gasteiger charge is -2.29. The van der Waals surface area contributed by atoms with Crippen LogP contribution in [0.2, 0.25) is 5.02 Å². The van der Waals surface area contributed by atoms with E-state index in [-0.39, 0.29) is 11.5 Å². The maximum Gasteiger partial charge on any atom is 0.271 e. The molecular weight excluding hydrogens is 590 g/mol. The summed E-state index contributed by atoms with van der Waals surface area (Å²) >= 11 is 7.52. The number of carbonyl (C=O) groups is 1. The summed E-state index contributed by atoms with van der Waals surface area (Å²) in [6, 6.07) is 28.9. The van der Waals surface area contributed by atoms with E-state index in [0.29, 0.717) is 51.1 Å². The largest absolute Gasteiger partial charge is 0.489 e. The molecule has 5 aromatic rings. The first-order valence-electron chi connectivity index (χ1n) is 14.6. The number of fused-ring (bicyclic) bond motifs is 2. The Morgan fingerprint density at radius 2 is 1.73 bits per heavy atom. The maximum atomic E-state index is 14.0. The van der Waals surface area contributed by atoms with Crippen molar-refractivity contribution in [2.75, 3.05) is 13.1 Å². The number of benzene rings is 4. The molecule has 1 aliphatic heterocycles. The molecule has 0 aliphatic carbocycles. The summed E-state index contributed by atoms with van der Waals surface area (Å²) in [7, 11) is 0. The van der Waals surface area contributed by atoms with Gasteiger partial charge in [-0.3, -0.25) is 14.2 Å². The van der Waals surface area contributed by atoms with E-state index in [2.05, 4.69) is 24.3 Å². The van der Waals surface area contributed by atoms with Gasteiger partial charge in [0.25, 0.3) is 11.5 Å². The van der Waals surface area contributed by atoms with Crippen LogP contribution in [0.3, 0.4) is 0 Å². The van der Waals surface area contributed by atoms with Crippen molar-refractivity contribution in [3.05, 3.63) is 144 Å². The van der Waals surface area contributed by atoms with Gasteiger partial charge in [-0.1, -0.05) is 89.7 Å². The van der Waals surface area contributed by atoms with Crippen LogP contribution in [0.15, 0.2) is 112 Å². The molecule has 44 heavy (non-hydrogen) atoms. The van der Waals surface area contributed by atoms with Gasteiger partial charge in [0.2, 0.25) is 0 Å². The lowest BCUT2D eigenvalue weighted by atomic mass is 9.94. The summed E-state index contributed by atoms with van der Waals surface area (Å²) in [4.78, 5) is 34.9.